The van der Waals surface area contributed by atoms with E-state index in [2.05, 4.69) is 29.5 Å². The van der Waals surface area contributed by atoms with Gasteiger partial charge in [-0.15, -0.1) is 5.10 Å². The molecule has 0 unspecified atom stereocenters. The van der Waals surface area contributed by atoms with Crippen molar-refractivity contribution in [3.63, 3.8) is 0 Å². The molecule has 0 radical (unpaired) electrons. The van der Waals surface area contributed by atoms with Gasteiger partial charge in [-0.25, -0.2) is 4.68 Å². The Hall–Kier alpha value is -1.06. The molecule has 2 rings (SSSR count). The van der Waals surface area contributed by atoms with Crippen molar-refractivity contribution in [3.05, 3.63) is 6.20 Å². The molecule has 102 valence electrons. The van der Waals surface area contributed by atoms with E-state index in [9.17, 15) is 0 Å². The molecule has 18 heavy (non-hydrogen) atoms. The average Bonchev–Trinajstić information content (AvgIpc) is 2.85. The monoisotopic (exact) mass is 250 g/mol. The molecule has 0 spiro atoms. The molecule has 1 fully saturated rings. The summed E-state index contributed by atoms with van der Waals surface area (Å²) in [5.41, 5.74) is 0. The first-order chi connectivity index (χ1) is 8.83. The summed E-state index contributed by atoms with van der Waals surface area (Å²) in [6, 6.07) is 0. The Bertz CT molecular complexity index is 339. The number of nitrogens with one attached hydrogen (secondary N) is 1. The first-order valence-corrected chi connectivity index (χ1v) is 7.45. The number of hydrogen-bond acceptors (Lipinski definition) is 3. The highest BCUT2D eigenvalue weighted by Gasteiger charge is 2.19. The molecule has 1 aromatic rings. The van der Waals surface area contributed by atoms with Gasteiger partial charge in [-0.05, 0) is 31.1 Å². The van der Waals surface area contributed by atoms with Gasteiger partial charge < -0.3 is 5.32 Å². The number of aromatic nitrogens is 3. The third kappa shape index (κ3) is 3.47. The summed E-state index contributed by atoms with van der Waals surface area (Å²) < 4.78 is 1.97. The lowest BCUT2D eigenvalue weighted by atomic mass is 9.81. The van der Waals surface area contributed by atoms with Crippen LogP contribution in [-0.2, 0) is 6.54 Å². The molecular formula is C14H26N4. The third-order valence-electron chi connectivity index (χ3n) is 4.17. The number of rotatable bonds is 6. The van der Waals surface area contributed by atoms with Crippen LogP contribution in [0.15, 0.2) is 6.20 Å². The van der Waals surface area contributed by atoms with Crippen LogP contribution in [0.3, 0.4) is 0 Å². The molecule has 1 aliphatic rings. The van der Waals surface area contributed by atoms with Crippen LogP contribution < -0.4 is 5.32 Å². The van der Waals surface area contributed by atoms with Gasteiger partial charge in [0, 0.05) is 13.1 Å². The molecule has 4 heteroatoms. The minimum atomic E-state index is 0.831. The van der Waals surface area contributed by atoms with Crippen LogP contribution in [0.2, 0.25) is 0 Å². The van der Waals surface area contributed by atoms with Gasteiger partial charge in [0.15, 0.2) is 0 Å². The zero-order chi connectivity index (χ0) is 12.8. The van der Waals surface area contributed by atoms with Crippen LogP contribution in [0.4, 0.5) is 5.82 Å². The van der Waals surface area contributed by atoms with Crippen molar-refractivity contribution in [2.45, 2.75) is 58.9 Å². The fraction of sp³-hybridized carbons (Fsp3) is 0.857. The van der Waals surface area contributed by atoms with E-state index in [1.807, 2.05) is 10.9 Å². The van der Waals surface area contributed by atoms with Gasteiger partial charge in [0.2, 0.25) is 0 Å². The number of nitrogens with zero attached hydrogens (tertiary/aromatic N) is 3. The lowest BCUT2D eigenvalue weighted by Crippen LogP contribution is -2.22. The summed E-state index contributed by atoms with van der Waals surface area (Å²) in [4.78, 5) is 0. The van der Waals surface area contributed by atoms with E-state index in [-0.39, 0.29) is 0 Å². The Morgan fingerprint density at radius 2 is 1.94 bits per heavy atom. The smallest absolute Gasteiger partial charge is 0.144 e. The van der Waals surface area contributed by atoms with Gasteiger partial charge in [-0.1, -0.05) is 38.3 Å². The maximum atomic E-state index is 4.10. The molecule has 1 heterocycles. The summed E-state index contributed by atoms with van der Waals surface area (Å²) in [6.07, 6.45) is 9.87. The molecule has 4 nitrogen and oxygen atoms in total. The van der Waals surface area contributed by atoms with Gasteiger partial charge in [-0.2, -0.15) is 0 Å². The molecule has 1 aliphatic carbocycles. The van der Waals surface area contributed by atoms with Crippen LogP contribution in [0, 0.1) is 11.8 Å². The molecule has 0 amide bonds. The maximum absolute atomic E-state index is 4.10. The lowest BCUT2D eigenvalue weighted by Gasteiger charge is -2.28. The fourth-order valence-electron chi connectivity index (χ4n) is 2.86. The Kier molecular flexibility index (Phi) is 5.02. The van der Waals surface area contributed by atoms with Crippen LogP contribution in [-0.4, -0.2) is 21.5 Å². The normalized spacial score (nSPS) is 24.1. The fourth-order valence-corrected chi connectivity index (χ4v) is 2.86. The third-order valence-corrected chi connectivity index (χ3v) is 4.17. The van der Waals surface area contributed by atoms with Crippen molar-refractivity contribution < 1.29 is 0 Å². The molecule has 1 aromatic heterocycles. The van der Waals surface area contributed by atoms with Gasteiger partial charge in [0.05, 0.1) is 6.20 Å². The van der Waals surface area contributed by atoms with Gasteiger partial charge in [-0.3, -0.25) is 0 Å². The van der Waals surface area contributed by atoms with E-state index in [0.29, 0.717) is 0 Å². The van der Waals surface area contributed by atoms with Crippen molar-refractivity contribution in [3.8, 4) is 0 Å². The largest absolute Gasteiger partial charge is 0.369 e. The van der Waals surface area contributed by atoms with E-state index >= 15 is 0 Å². The van der Waals surface area contributed by atoms with Crippen LogP contribution in [0.25, 0.3) is 0 Å². The van der Waals surface area contributed by atoms with Crippen molar-refractivity contribution in [1.29, 1.82) is 0 Å². The highest BCUT2D eigenvalue weighted by atomic mass is 15.4. The Morgan fingerprint density at radius 3 is 2.61 bits per heavy atom. The molecule has 0 saturated heterocycles. The number of hydrogen-bond donors (Lipinski definition) is 1. The molecule has 1 saturated carbocycles. The summed E-state index contributed by atoms with van der Waals surface area (Å²) in [5.74, 6) is 2.89. The molecular weight excluding hydrogens is 224 g/mol. The minimum Gasteiger partial charge on any atom is -0.369 e. The Morgan fingerprint density at radius 1 is 1.22 bits per heavy atom. The second-order valence-electron chi connectivity index (χ2n) is 5.52. The Labute approximate surface area is 110 Å². The van der Waals surface area contributed by atoms with Gasteiger partial charge in [0.25, 0.3) is 0 Å². The summed E-state index contributed by atoms with van der Waals surface area (Å²) in [6.45, 7) is 6.51. The standard InChI is InChI=1S/C14H26N4/c1-3-9-18-14(11-16-17-18)15-10-13-7-5-12(4-2)6-8-13/h11-13,15H,3-10H2,1-2H3. The van der Waals surface area contributed by atoms with E-state index < -0.39 is 0 Å². The summed E-state index contributed by atoms with van der Waals surface area (Å²) in [7, 11) is 0. The first-order valence-electron chi connectivity index (χ1n) is 7.45. The zero-order valence-corrected chi connectivity index (χ0v) is 11.7. The van der Waals surface area contributed by atoms with Gasteiger partial charge >= 0.3 is 0 Å². The predicted octanol–water partition coefficient (Wildman–Crippen LogP) is 3.32. The van der Waals surface area contributed by atoms with Gasteiger partial charge in [0.1, 0.15) is 5.82 Å². The molecule has 0 bridgehead atoms. The predicted molar refractivity (Wildman–Crippen MR) is 74.5 cm³/mol. The van der Waals surface area contributed by atoms with Crippen LogP contribution >= 0.6 is 0 Å². The van der Waals surface area contributed by atoms with E-state index in [4.69, 9.17) is 0 Å². The molecule has 0 atom stereocenters. The summed E-state index contributed by atoms with van der Waals surface area (Å²) >= 11 is 0. The number of aryl methyl sites for hydroxylation is 1. The van der Waals surface area contributed by atoms with E-state index in [0.717, 1.165) is 37.2 Å². The Balaban J connectivity index is 1.76. The van der Waals surface area contributed by atoms with Crippen molar-refractivity contribution in [1.82, 2.24) is 15.0 Å². The maximum Gasteiger partial charge on any atom is 0.144 e. The quantitative estimate of drug-likeness (QED) is 0.842. The summed E-state index contributed by atoms with van der Waals surface area (Å²) in [5, 5.41) is 11.6. The van der Waals surface area contributed by atoms with Crippen LogP contribution in [0.1, 0.15) is 52.4 Å². The first kappa shape index (κ1) is 13.4. The second kappa shape index (κ2) is 6.76. The SMILES string of the molecule is CCCn1nncc1NCC1CCC(CC)CC1. The molecule has 1 N–H and O–H groups in total. The molecule has 0 aliphatic heterocycles. The van der Waals surface area contributed by atoms with Crippen LogP contribution in [0.5, 0.6) is 0 Å². The highest BCUT2D eigenvalue weighted by molar-refractivity contribution is 5.30. The highest BCUT2D eigenvalue weighted by Crippen LogP contribution is 2.30. The average molecular weight is 250 g/mol. The minimum absolute atomic E-state index is 0.831. The second-order valence-corrected chi connectivity index (χ2v) is 5.52. The van der Waals surface area contributed by atoms with Crippen molar-refractivity contribution in [2.75, 3.05) is 11.9 Å². The number of anilines is 1. The van der Waals surface area contributed by atoms with Crippen molar-refractivity contribution in [2.24, 2.45) is 11.8 Å². The van der Waals surface area contributed by atoms with E-state index in [1.54, 1.807) is 0 Å². The van der Waals surface area contributed by atoms with E-state index in [1.165, 1.54) is 32.1 Å². The molecule has 0 aromatic carbocycles. The zero-order valence-electron chi connectivity index (χ0n) is 11.7. The lowest BCUT2D eigenvalue weighted by molar-refractivity contribution is 0.278. The topological polar surface area (TPSA) is 42.7 Å². The van der Waals surface area contributed by atoms with Crippen molar-refractivity contribution >= 4 is 5.82 Å².